The monoisotopic (exact) mass is 402 g/mol. The zero-order chi connectivity index (χ0) is 22.1. The van der Waals surface area contributed by atoms with E-state index in [1.165, 1.54) is 11.1 Å². The van der Waals surface area contributed by atoms with Gasteiger partial charge in [0, 0.05) is 6.20 Å². The third-order valence-electron chi connectivity index (χ3n) is 7.17. The van der Waals surface area contributed by atoms with Crippen LogP contribution in [0.2, 0.25) is 0 Å². The maximum Gasteiger partial charge on any atom is 0.495 e. The van der Waals surface area contributed by atoms with Gasteiger partial charge in [0.05, 0.1) is 23.5 Å². The molecule has 1 saturated heterocycles. The van der Waals surface area contributed by atoms with Crippen molar-refractivity contribution in [3.8, 4) is 11.3 Å². The maximum absolute atomic E-state index is 7.75. The Balaban J connectivity index is 1.74. The Bertz CT molecular complexity index is 1050. The zero-order valence-corrected chi connectivity index (χ0v) is 19.4. The second kappa shape index (κ2) is 6.42. The quantitative estimate of drug-likeness (QED) is 0.488. The highest BCUT2D eigenvalue weighted by Gasteiger charge is 2.52. The molecule has 2 aromatic rings. The van der Waals surface area contributed by atoms with E-state index in [4.69, 9.17) is 20.9 Å². The number of aromatic nitrogens is 1. The number of fused-ring (bicyclic) bond motifs is 1. The number of nitrogens with zero attached hydrogens (tertiary/aromatic N) is 2. The third kappa shape index (κ3) is 3.18. The van der Waals surface area contributed by atoms with Gasteiger partial charge in [0.1, 0.15) is 0 Å². The summed E-state index contributed by atoms with van der Waals surface area (Å²) in [4.78, 5) is 8.48. The van der Waals surface area contributed by atoms with Crippen LogP contribution in [0.4, 0.5) is 5.69 Å². The standard InChI is InChI=1S/C25H31BN2O2/c1-22(2)15-23(3,4)19-12-16(10-11-18(19)22)21-20(27-9)13-17(14-28-21)26-29-24(5,6)25(7,8)30-26/h10-14H,15H2,1-8H3. The van der Waals surface area contributed by atoms with Crippen LogP contribution in [-0.2, 0) is 20.1 Å². The van der Waals surface area contributed by atoms with Gasteiger partial charge in [-0.2, -0.15) is 0 Å². The summed E-state index contributed by atoms with van der Waals surface area (Å²) in [5.41, 5.74) is 5.19. The summed E-state index contributed by atoms with van der Waals surface area (Å²) in [7, 11) is -0.517. The summed E-state index contributed by atoms with van der Waals surface area (Å²) in [5.74, 6) is 0. The molecule has 0 N–H and O–H groups in total. The molecule has 0 radical (unpaired) electrons. The lowest BCUT2D eigenvalue weighted by Crippen LogP contribution is -2.41. The summed E-state index contributed by atoms with van der Waals surface area (Å²) in [6.45, 7) is 25.1. The van der Waals surface area contributed by atoms with E-state index in [9.17, 15) is 0 Å². The average molecular weight is 402 g/mol. The topological polar surface area (TPSA) is 35.7 Å². The van der Waals surface area contributed by atoms with Crippen molar-refractivity contribution in [2.45, 2.75) is 83.8 Å². The van der Waals surface area contributed by atoms with Crippen LogP contribution in [0.5, 0.6) is 0 Å². The molecular weight excluding hydrogens is 371 g/mol. The van der Waals surface area contributed by atoms with Gasteiger partial charge in [-0.05, 0) is 67.1 Å². The lowest BCUT2D eigenvalue weighted by atomic mass is 9.79. The molecule has 0 bridgehead atoms. The van der Waals surface area contributed by atoms with Gasteiger partial charge in [-0.3, -0.25) is 4.98 Å². The first-order valence-corrected chi connectivity index (χ1v) is 10.7. The van der Waals surface area contributed by atoms with Crippen LogP contribution >= 0.6 is 0 Å². The highest BCUT2D eigenvalue weighted by Crippen LogP contribution is 2.50. The number of hydrogen-bond acceptors (Lipinski definition) is 3. The third-order valence-corrected chi connectivity index (χ3v) is 7.17. The van der Waals surface area contributed by atoms with Crippen molar-refractivity contribution in [3.05, 3.63) is 53.0 Å². The summed E-state index contributed by atoms with van der Waals surface area (Å²) in [5, 5.41) is 0. The molecule has 1 aliphatic carbocycles. The van der Waals surface area contributed by atoms with Crippen LogP contribution in [0.1, 0.15) is 72.9 Å². The number of pyridine rings is 1. The summed E-state index contributed by atoms with van der Waals surface area (Å²) in [6, 6.07) is 8.42. The first-order valence-electron chi connectivity index (χ1n) is 10.7. The van der Waals surface area contributed by atoms with E-state index in [1.807, 2.05) is 33.8 Å². The molecule has 1 aromatic heterocycles. The number of rotatable bonds is 2. The van der Waals surface area contributed by atoms with Gasteiger partial charge in [0.2, 0.25) is 5.69 Å². The Morgan fingerprint density at radius 1 is 0.900 bits per heavy atom. The van der Waals surface area contributed by atoms with E-state index in [2.05, 4.69) is 50.7 Å². The second-order valence-corrected chi connectivity index (χ2v) is 11.0. The van der Waals surface area contributed by atoms with E-state index >= 15 is 0 Å². The van der Waals surface area contributed by atoms with Crippen molar-refractivity contribution in [3.63, 3.8) is 0 Å². The minimum absolute atomic E-state index is 0.107. The number of benzene rings is 1. The van der Waals surface area contributed by atoms with E-state index in [0.717, 1.165) is 17.4 Å². The highest BCUT2D eigenvalue weighted by atomic mass is 16.7. The molecule has 156 valence electrons. The molecule has 0 atom stereocenters. The fourth-order valence-electron chi connectivity index (χ4n) is 5.02. The minimum Gasteiger partial charge on any atom is -0.399 e. The van der Waals surface area contributed by atoms with Gasteiger partial charge in [-0.1, -0.05) is 52.0 Å². The van der Waals surface area contributed by atoms with E-state index in [0.29, 0.717) is 11.4 Å². The van der Waals surface area contributed by atoms with Crippen molar-refractivity contribution in [2.75, 3.05) is 0 Å². The summed E-state index contributed by atoms with van der Waals surface area (Å²) in [6.07, 6.45) is 2.90. The predicted octanol–water partition coefficient (Wildman–Crippen LogP) is 5.56. The van der Waals surface area contributed by atoms with Crippen molar-refractivity contribution in [1.29, 1.82) is 0 Å². The van der Waals surface area contributed by atoms with Crippen molar-refractivity contribution >= 4 is 18.3 Å². The van der Waals surface area contributed by atoms with Crippen LogP contribution in [0.25, 0.3) is 16.1 Å². The second-order valence-electron chi connectivity index (χ2n) is 11.0. The Hall–Kier alpha value is -2.16. The molecule has 0 unspecified atom stereocenters. The summed E-state index contributed by atoms with van der Waals surface area (Å²) >= 11 is 0. The minimum atomic E-state index is -0.517. The smallest absolute Gasteiger partial charge is 0.399 e. The van der Waals surface area contributed by atoms with E-state index < -0.39 is 18.3 Å². The first-order chi connectivity index (χ1) is 13.8. The van der Waals surface area contributed by atoms with Crippen molar-refractivity contribution in [1.82, 2.24) is 4.98 Å². The maximum atomic E-state index is 7.75. The van der Waals surface area contributed by atoms with Crippen LogP contribution in [0.3, 0.4) is 0 Å². The fraction of sp³-hybridized carbons (Fsp3) is 0.520. The van der Waals surface area contributed by atoms with Gasteiger partial charge in [-0.15, -0.1) is 0 Å². The van der Waals surface area contributed by atoms with Gasteiger partial charge in [0.15, 0.2) is 0 Å². The molecule has 4 nitrogen and oxygen atoms in total. The Morgan fingerprint density at radius 2 is 1.50 bits per heavy atom. The molecule has 0 amide bonds. The molecule has 1 fully saturated rings. The Labute approximate surface area is 181 Å². The normalized spacial score (nSPS) is 22.6. The highest BCUT2D eigenvalue weighted by molar-refractivity contribution is 6.62. The number of hydrogen-bond donors (Lipinski definition) is 0. The van der Waals surface area contributed by atoms with Gasteiger partial charge in [0.25, 0.3) is 0 Å². The lowest BCUT2D eigenvalue weighted by Gasteiger charge is -2.32. The fourth-order valence-corrected chi connectivity index (χ4v) is 5.02. The molecule has 5 heteroatoms. The molecule has 30 heavy (non-hydrogen) atoms. The molecule has 4 rings (SSSR count). The van der Waals surface area contributed by atoms with Gasteiger partial charge in [-0.25, -0.2) is 4.85 Å². The average Bonchev–Trinajstić information content (AvgIpc) is 2.98. The molecular formula is C25H31BN2O2. The molecule has 0 saturated carbocycles. The van der Waals surface area contributed by atoms with Crippen LogP contribution in [-0.4, -0.2) is 23.3 Å². The van der Waals surface area contributed by atoms with Crippen LogP contribution < -0.4 is 5.46 Å². The van der Waals surface area contributed by atoms with Gasteiger partial charge < -0.3 is 9.31 Å². The lowest BCUT2D eigenvalue weighted by molar-refractivity contribution is 0.00578. The Kier molecular flexibility index (Phi) is 4.51. The Morgan fingerprint density at radius 3 is 2.10 bits per heavy atom. The van der Waals surface area contributed by atoms with Crippen molar-refractivity contribution in [2.24, 2.45) is 0 Å². The molecule has 0 spiro atoms. The largest absolute Gasteiger partial charge is 0.495 e. The van der Waals surface area contributed by atoms with E-state index in [-0.39, 0.29) is 10.8 Å². The van der Waals surface area contributed by atoms with Crippen molar-refractivity contribution < 1.29 is 9.31 Å². The molecule has 2 heterocycles. The van der Waals surface area contributed by atoms with Crippen LogP contribution in [0.15, 0.2) is 30.5 Å². The van der Waals surface area contributed by atoms with Crippen LogP contribution in [0, 0.1) is 6.57 Å². The zero-order valence-electron chi connectivity index (χ0n) is 19.4. The summed E-state index contributed by atoms with van der Waals surface area (Å²) < 4.78 is 12.3. The SMILES string of the molecule is [C-]#[N+]c1cc(B2OC(C)(C)C(C)(C)O2)cnc1-c1ccc2c(c1)C(C)(C)CC2(C)C. The molecule has 1 aromatic carbocycles. The first kappa shape index (κ1) is 21.1. The van der Waals surface area contributed by atoms with Gasteiger partial charge >= 0.3 is 7.12 Å². The van der Waals surface area contributed by atoms with E-state index in [1.54, 1.807) is 6.20 Å². The predicted molar refractivity (Wildman–Crippen MR) is 122 cm³/mol. The molecule has 2 aliphatic rings. The molecule has 1 aliphatic heterocycles.